The minimum atomic E-state index is -1.90. The Morgan fingerprint density at radius 1 is 1.13 bits per heavy atom. The lowest BCUT2D eigenvalue weighted by molar-refractivity contribution is -0.153. The van der Waals surface area contributed by atoms with Crippen molar-refractivity contribution in [1.82, 2.24) is 0 Å². The number of allylic oxidation sites excluding steroid dienone is 1. The number of ether oxygens (including phenoxy) is 5. The molecular formula is C23H44O7Si. The zero-order chi connectivity index (χ0) is 23.7. The van der Waals surface area contributed by atoms with Crippen LogP contribution in [0.4, 0.5) is 0 Å². The third-order valence-electron chi connectivity index (χ3n) is 6.02. The smallest absolute Gasteiger partial charge is 0.192 e. The van der Waals surface area contributed by atoms with E-state index in [-0.39, 0.29) is 30.1 Å². The Morgan fingerprint density at radius 3 is 2.32 bits per heavy atom. The number of carbonyl (C=O) groups is 1. The molecule has 0 N–H and O–H groups in total. The van der Waals surface area contributed by atoms with Crippen molar-refractivity contribution in [1.29, 1.82) is 0 Å². The average Bonchev–Trinajstić information content (AvgIpc) is 2.94. The highest BCUT2D eigenvalue weighted by molar-refractivity contribution is 6.74. The summed E-state index contributed by atoms with van der Waals surface area (Å²) >= 11 is 0. The normalized spacial score (nSPS) is 23.2. The van der Waals surface area contributed by atoms with Gasteiger partial charge in [-0.2, -0.15) is 0 Å². The van der Waals surface area contributed by atoms with Crippen LogP contribution in [-0.4, -0.2) is 72.9 Å². The summed E-state index contributed by atoms with van der Waals surface area (Å²) in [6.45, 7) is 16.1. The van der Waals surface area contributed by atoms with Crippen LogP contribution in [0.3, 0.4) is 0 Å². The van der Waals surface area contributed by atoms with Crippen LogP contribution in [0.5, 0.6) is 0 Å². The number of aldehydes is 1. The Morgan fingerprint density at radius 2 is 1.77 bits per heavy atom. The second-order valence-corrected chi connectivity index (χ2v) is 15.0. The second-order valence-electron chi connectivity index (χ2n) is 10.1. The zero-order valence-electron chi connectivity index (χ0n) is 21.0. The lowest BCUT2D eigenvalue weighted by Crippen LogP contribution is -2.44. The van der Waals surface area contributed by atoms with Gasteiger partial charge in [0.1, 0.15) is 13.1 Å². The van der Waals surface area contributed by atoms with Gasteiger partial charge in [0.15, 0.2) is 14.1 Å². The molecule has 0 spiro atoms. The van der Waals surface area contributed by atoms with Gasteiger partial charge in [0, 0.05) is 20.6 Å². The summed E-state index contributed by atoms with van der Waals surface area (Å²) in [6.07, 6.45) is 4.04. The Kier molecular flexibility index (Phi) is 11.5. The molecule has 0 bridgehead atoms. The molecule has 0 radical (unpaired) electrons. The standard InChI is InChI=1S/C23H44O7Si/c1-22(2,3)31(8,9)28-16-19(27-17-26-7)14-21-20(29-23(4,5)30-21)11-10-18(12-13-24)15-25-6/h12-13,19-21H,10-11,14-17H2,1-9H3/b18-12+/t19-,20-,21-/m0/s1. The molecule has 0 aromatic heterocycles. The van der Waals surface area contributed by atoms with Gasteiger partial charge in [-0.3, -0.25) is 4.79 Å². The van der Waals surface area contributed by atoms with Crippen molar-refractivity contribution in [3.05, 3.63) is 11.6 Å². The maximum absolute atomic E-state index is 10.9. The molecule has 0 saturated carbocycles. The lowest BCUT2D eigenvalue weighted by atomic mass is 10.00. The zero-order valence-corrected chi connectivity index (χ0v) is 22.0. The lowest BCUT2D eigenvalue weighted by Gasteiger charge is -2.37. The van der Waals surface area contributed by atoms with Gasteiger partial charge in [-0.05, 0) is 56.5 Å². The number of hydrogen-bond acceptors (Lipinski definition) is 7. The quantitative estimate of drug-likeness (QED) is 0.164. The molecule has 1 fully saturated rings. The van der Waals surface area contributed by atoms with Crippen molar-refractivity contribution in [3.63, 3.8) is 0 Å². The van der Waals surface area contributed by atoms with Crippen LogP contribution in [0.15, 0.2) is 11.6 Å². The number of hydrogen-bond donors (Lipinski definition) is 0. The van der Waals surface area contributed by atoms with Crippen molar-refractivity contribution in [2.75, 3.05) is 34.2 Å². The van der Waals surface area contributed by atoms with Gasteiger partial charge >= 0.3 is 0 Å². The van der Waals surface area contributed by atoms with Gasteiger partial charge in [0.2, 0.25) is 0 Å². The maximum Gasteiger partial charge on any atom is 0.192 e. The van der Waals surface area contributed by atoms with E-state index in [0.29, 0.717) is 26.1 Å². The monoisotopic (exact) mass is 460 g/mol. The van der Waals surface area contributed by atoms with E-state index in [1.807, 2.05) is 13.8 Å². The Labute approximate surface area is 189 Å². The predicted molar refractivity (Wildman–Crippen MR) is 124 cm³/mol. The minimum absolute atomic E-state index is 0.108. The number of methoxy groups -OCH3 is 2. The average molecular weight is 461 g/mol. The second kappa shape index (κ2) is 12.6. The summed E-state index contributed by atoms with van der Waals surface area (Å²) in [7, 11) is 1.34. The predicted octanol–water partition coefficient (Wildman–Crippen LogP) is 4.46. The molecule has 0 aromatic rings. The number of rotatable bonds is 14. The molecule has 1 aliphatic rings. The molecule has 8 heteroatoms. The highest BCUT2D eigenvalue weighted by Crippen LogP contribution is 2.37. The number of carbonyl (C=O) groups excluding carboxylic acids is 1. The molecule has 1 aliphatic heterocycles. The van der Waals surface area contributed by atoms with Gasteiger partial charge < -0.3 is 28.1 Å². The minimum Gasteiger partial charge on any atom is -0.414 e. The first kappa shape index (κ1) is 28.4. The van der Waals surface area contributed by atoms with E-state index >= 15 is 0 Å². The highest BCUT2D eigenvalue weighted by Gasteiger charge is 2.43. The highest BCUT2D eigenvalue weighted by atomic mass is 28.4. The molecule has 3 atom stereocenters. The third-order valence-corrected chi connectivity index (χ3v) is 10.5. The van der Waals surface area contributed by atoms with E-state index in [0.717, 1.165) is 18.3 Å². The summed E-state index contributed by atoms with van der Waals surface area (Å²) in [5, 5.41) is 0.124. The van der Waals surface area contributed by atoms with E-state index in [1.54, 1.807) is 20.3 Å². The fourth-order valence-corrected chi connectivity index (χ4v) is 4.33. The summed E-state index contributed by atoms with van der Waals surface area (Å²) in [5.41, 5.74) is 0.943. The van der Waals surface area contributed by atoms with Crippen molar-refractivity contribution in [2.24, 2.45) is 0 Å². The van der Waals surface area contributed by atoms with Gasteiger partial charge in [0.25, 0.3) is 0 Å². The molecule has 1 heterocycles. The Hall–Kier alpha value is -0.613. The van der Waals surface area contributed by atoms with Crippen LogP contribution in [0.1, 0.15) is 53.9 Å². The van der Waals surface area contributed by atoms with Gasteiger partial charge in [-0.25, -0.2) is 0 Å². The van der Waals surface area contributed by atoms with Gasteiger partial charge in [-0.15, -0.1) is 0 Å². The van der Waals surface area contributed by atoms with Crippen LogP contribution in [0, 0.1) is 0 Å². The summed E-state index contributed by atoms with van der Waals surface area (Å²) < 4.78 is 35.1. The molecule has 0 amide bonds. The van der Waals surface area contributed by atoms with E-state index < -0.39 is 14.1 Å². The molecular weight excluding hydrogens is 416 g/mol. The van der Waals surface area contributed by atoms with Crippen LogP contribution >= 0.6 is 0 Å². The largest absolute Gasteiger partial charge is 0.414 e. The molecule has 7 nitrogen and oxygen atoms in total. The summed E-state index contributed by atoms with van der Waals surface area (Å²) in [4.78, 5) is 10.9. The third kappa shape index (κ3) is 9.82. The van der Waals surface area contributed by atoms with Crippen molar-refractivity contribution in [3.8, 4) is 0 Å². The van der Waals surface area contributed by atoms with Gasteiger partial charge in [0.05, 0.1) is 31.5 Å². The Balaban J connectivity index is 2.83. The van der Waals surface area contributed by atoms with Crippen molar-refractivity contribution < 1.29 is 32.9 Å². The topological polar surface area (TPSA) is 72.5 Å². The van der Waals surface area contributed by atoms with E-state index in [2.05, 4.69) is 33.9 Å². The first-order valence-electron chi connectivity index (χ1n) is 11.1. The van der Waals surface area contributed by atoms with Crippen LogP contribution in [-0.2, 0) is 32.9 Å². The first-order chi connectivity index (χ1) is 14.3. The molecule has 31 heavy (non-hydrogen) atoms. The SMILES string of the molecule is COCO[C@H](CO[Si](C)(C)C(C)(C)C)C[C@@H]1OC(C)(C)O[C@H]1CC/C(=C\C=O)COC. The van der Waals surface area contributed by atoms with Crippen LogP contribution in [0.25, 0.3) is 0 Å². The molecule has 0 aromatic carbocycles. The summed E-state index contributed by atoms with van der Waals surface area (Å²) in [6, 6.07) is 0. The Bertz CT molecular complexity index is 569. The van der Waals surface area contributed by atoms with Gasteiger partial charge in [-0.1, -0.05) is 20.8 Å². The molecule has 1 rings (SSSR count). The molecule has 0 unspecified atom stereocenters. The van der Waals surface area contributed by atoms with E-state index in [9.17, 15) is 4.79 Å². The van der Waals surface area contributed by atoms with E-state index in [4.69, 9.17) is 28.1 Å². The van der Waals surface area contributed by atoms with E-state index in [1.165, 1.54) is 0 Å². The summed E-state index contributed by atoms with van der Waals surface area (Å²) in [5.74, 6) is -0.669. The van der Waals surface area contributed by atoms with Crippen molar-refractivity contribution in [2.45, 2.75) is 96.1 Å². The molecule has 0 aliphatic carbocycles. The van der Waals surface area contributed by atoms with Crippen LogP contribution in [0.2, 0.25) is 18.1 Å². The maximum atomic E-state index is 10.9. The first-order valence-corrected chi connectivity index (χ1v) is 14.0. The fraction of sp³-hybridized carbons (Fsp3) is 0.870. The van der Waals surface area contributed by atoms with Crippen molar-refractivity contribution >= 4 is 14.6 Å². The molecule has 182 valence electrons. The van der Waals surface area contributed by atoms with Crippen LogP contribution < -0.4 is 0 Å². The fourth-order valence-electron chi connectivity index (χ4n) is 3.29. The molecule has 1 saturated heterocycles.